The van der Waals surface area contributed by atoms with Gasteiger partial charge in [-0.2, -0.15) is 0 Å². The Hall–Kier alpha value is -0.0800. The largest absolute Gasteiger partial charge is 0.328 e. The van der Waals surface area contributed by atoms with E-state index in [4.69, 9.17) is 5.73 Å². The summed E-state index contributed by atoms with van der Waals surface area (Å²) in [6.45, 7) is 15.6. The molecule has 1 fully saturated rings. The van der Waals surface area contributed by atoms with E-state index in [-0.39, 0.29) is 0 Å². The molecule has 0 bridgehead atoms. The van der Waals surface area contributed by atoms with Gasteiger partial charge in [-0.1, -0.05) is 34.1 Å². The van der Waals surface area contributed by atoms with Crippen LogP contribution >= 0.6 is 0 Å². The van der Waals surface area contributed by atoms with Gasteiger partial charge in [0.1, 0.15) is 0 Å². The minimum absolute atomic E-state index is 0.368. The van der Waals surface area contributed by atoms with Crippen LogP contribution in [0.4, 0.5) is 0 Å². The number of nitrogens with zero attached hydrogens (tertiary/aromatic N) is 1. The zero-order valence-corrected chi connectivity index (χ0v) is 14.6. The van der Waals surface area contributed by atoms with Crippen molar-refractivity contribution in [3.05, 3.63) is 0 Å². The molecule has 2 heteroatoms. The van der Waals surface area contributed by atoms with Gasteiger partial charge in [0, 0.05) is 12.6 Å². The van der Waals surface area contributed by atoms with Crippen LogP contribution in [0.25, 0.3) is 0 Å². The predicted octanol–water partition coefficient (Wildman–Crippen LogP) is 4.29. The zero-order chi connectivity index (χ0) is 15.2. The summed E-state index contributed by atoms with van der Waals surface area (Å²) >= 11 is 0. The minimum Gasteiger partial charge on any atom is -0.328 e. The first kappa shape index (κ1) is 18.0. The Morgan fingerprint density at radius 1 is 1.10 bits per heavy atom. The monoisotopic (exact) mass is 282 g/mol. The molecular weight excluding hydrogens is 244 g/mol. The van der Waals surface area contributed by atoms with Crippen molar-refractivity contribution in [2.75, 3.05) is 19.6 Å². The van der Waals surface area contributed by atoms with E-state index < -0.39 is 0 Å². The van der Waals surface area contributed by atoms with Crippen LogP contribution in [0.5, 0.6) is 0 Å². The number of hydrogen-bond acceptors (Lipinski definition) is 2. The van der Waals surface area contributed by atoms with Gasteiger partial charge in [0.25, 0.3) is 0 Å². The van der Waals surface area contributed by atoms with Gasteiger partial charge in [-0.05, 0) is 69.4 Å². The molecule has 0 aromatic rings. The molecule has 0 spiro atoms. The summed E-state index contributed by atoms with van der Waals surface area (Å²) in [5.41, 5.74) is 6.31. The number of hydrogen-bond donors (Lipinski definition) is 1. The molecule has 1 aliphatic heterocycles. The normalized spacial score (nSPS) is 25.2. The molecule has 1 rings (SSSR count). The summed E-state index contributed by atoms with van der Waals surface area (Å²) in [5.74, 6) is 1.72. The topological polar surface area (TPSA) is 29.3 Å². The van der Waals surface area contributed by atoms with Gasteiger partial charge in [-0.15, -0.1) is 0 Å². The van der Waals surface area contributed by atoms with E-state index in [9.17, 15) is 0 Å². The van der Waals surface area contributed by atoms with Crippen LogP contribution in [-0.4, -0.2) is 30.6 Å². The lowest BCUT2D eigenvalue weighted by Gasteiger charge is -2.30. The second-order valence-corrected chi connectivity index (χ2v) is 8.31. The van der Waals surface area contributed by atoms with E-state index in [1.165, 1.54) is 58.2 Å². The maximum atomic E-state index is 5.83. The molecule has 20 heavy (non-hydrogen) atoms. The Morgan fingerprint density at radius 2 is 1.80 bits per heavy atom. The summed E-state index contributed by atoms with van der Waals surface area (Å²) in [6, 6.07) is 0.368. The molecule has 1 aliphatic rings. The van der Waals surface area contributed by atoms with Crippen LogP contribution in [0.2, 0.25) is 0 Å². The van der Waals surface area contributed by atoms with Gasteiger partial charge in [-0.25, -0.2) is 0 Å². The van der Waals surface area contributed by atoms with Crippen molar-refractivity contribution in [2.45, 2.75) is 79.2 Å². The van der Waals surface area contributed by atoms with Crippen molar-refractivity contribution in [3.8, 4) is 0 Å². The van der Waals surface area contributed by atoms with Crippen LogP contribution in [0, 0.1) is 17.3 Å². The molecule has 0 aromatic carbocycles. The molecule has 0 amide bonds. The molecule has 1 heterocycles. The Bertz CT molecular complexity index is 255. The predicted molar refractivity (Wildman–Crippen MR) is 89.9 cm³/mol. The highest BCUT2D eigenvalue weighted by Gasteiger charge is 2.27. The van der Waals surface area contributed by atoms with Crippen LogP contribution in [0.3, 0.4) is 0 Å². The molecule has 3 atom stereocenters. The quantitative estimate of drug-likeness (QED) is 0.787. The molecule has 3 unspecified atom stereocenters. The van der Waals surface area contributed by atoms with Gasteiger partial charge >= 0.3 is 0 Å². The fourth-order valence-corrected chi connectivity index (χ4v) is 3.52. The maximum absolute atomic E-state index is 5.83. The SMILES string of the molecule is CC(N)CCCC(C)CN1CCCC(C(C)(C)C)CC1. The molecule has 0 saturated carbocycles. The van der Waals surface area contributed by atoms with E-state index >= 15 is 0 Å². The lowest BCUT2D eigenvalue weighted by molar-refractivity contribution is 0.199. The van der Waals surface area contributed by atoms with E-state index in [0.29, 0.717) is 11.5 Å². The summed E-state index contributed by atoms with van der Waals surface area (Å²) < 4.78 is 0. The second kappa shape index (κ2) is 8.38. The first-order valence-electron chi connectivity index (χ1n) is 8.77. The third-order valence-corrected chi connectivity index (χ3v) is 4.97. The van der Waals surface area contributed by atoms with Crippen molar-refractivity contribution in [2.24, 2.45) is 23.0 Å². The van der Waals surface area contributed by atoms with Crippen LogP contribution in [-0.2, 0) is 0 Å². The molecular formula is C18H38N2. The van der Waals surface area contributed by atoms with E-state index in [2.05, 4.69) is 39.5 Å². The fourth-order valence-electron chi connectivity index (χ4n) is 3.52. The summed E-state index contributed by atoms with van der Waals surface area (Å²) in [7, 11) is 0. The van der Waals surface area contributed by atoms with Crippen LogP contribution in [0.15, 0.2) is 0 Å². The molecule has 0 radical (unpaired) electrons. The van der Waals surface area contributed by atoms with Gasteiger partial charge < -0.3 is 10.6 Å². The lowest BCUT2D eigenvalue weighted by Crippen LogP contribution is -2.30. The van der Waals surface area contributed by atoms with Gasteiger partial charge in [0.2, 0.25) is 0 Å². The van der Waals surface area contributed by atoms with Crippen molar-refractivity contribution < 1.29 is 0 Å². The highest BCUT2D eigenvalue weighted by molar-refractivity contribution is 4.79. The maximum Gasteiger partial charge on any atom is 0.00104 e. The minimum atomic E-state index is 0.368. The highest BCUT2D eigenvalue weighted by Crippen LogP contribution is 2.34. The molecule has 0 aromatic heterocycles. The third-order valence-electron chi connectivity index (χ3n) is 4.97. The van der Waals surface area contributed by atoms with Gasteiger partial charge in [0.05, 0.1) is 0 Å². The fraction of sp³-hybridized carbons (Fsp3) is 1.00. The van der Waals surface area contributed by atoms with Crippen molar-refractivity contribution in [3.63, 3.8) is 0 Å². The Kier molecular flexibility index (Phi) is 7.53. The zero-order valence-electron chi connectivity index (χ0n) is 14.6. The second-order valence-electron chi connectivity index (χ2n) is 8.31. The van der Waals surface area contributed by atoms with Crippen molar-refractivity contribution >= 4 is 0 Å². The Labute approximate surface area is 127 Å². The van der Waals surface area contributed by atoms with Gasteiger partial charge in [-0.3, -0.25) is 0 Å². The average molecular weight is 283 g/mol. The molecule has 2 N–H and O–H groups in total. The van der Waals surface area contributed by atoms with Crippen LogP contribution in [0.1, 0.15) is 73.1 Å². The van der Waals surface area contributed by atoms with Crippen molar-refractivity contribution in [1.82, 2.24) is 4.90 Å². The lowest BCUT2D eigenvalue weighted by atomic mass is 9.77. The van der Waals surface area contributed by atoms with E-state index in [0.717, 1.165) is 11.8 Å². The van der Waals surface area contributed by atoms with E-state index in [1.807, 2.05) is 0 Å². The highest BCUT2D eigenvalue weighted by atomic mass is 15.1. The Morgan fingerprint density at radius 3 is 2.40 bits per heavy atom. The smallest absolute Gasteiger partial charge is 0.00104 e. The summed E-state index contributed by atoms with van der Waals surface area (Å²) in [4.78, 5) is 2.71. The number of likely N-dealkylation sites (tertiary alicyclic amines) is 1. The first-order valence-corrected chi connectivity index (χ1v) is 8.77. The summed E-state index contributed by atoms with van der Waals surface area (Å²) in [5, 5.41) is 0. The molecule has 0 aliphatic carbocycles. The summed E-state index contributed by atoms with van der Waals surface area (Å²) in [6.07, 6.45) is 7.98. The Balaban J connectivity index is 2.27. The third kappa shape index (κ3) is 7.08. The first-order chi connectivity index (χ1) is 9.29. The molecule has 120 valence electrons. The van der Waals surface area contributed by atoms with Crippen LogP contribution < -0.4 is 5.73 Å². The average Bonchev–Trinajstić information content (AvgIpc) is 2.53. The van der Waals surface area contributed by atoms with Crippen molar-refractivity contribution in [1.29, 1.82) is 0 Å². The standard InChI is InChI=1S/C18H38N2/c1-15(8-6-9-16(2)19)14-20-12-7-10-17(11-13-20)18(3,4)5/h15-17H,6-14,19H2,1-5H3. The molecule has 1 saturated heterocycles. The van der Waals surface area contributed by atoms with Gasteiger partial charge in [0.15, 0.2) is 0 Å². The number of nitrogens with two attached hydrogens (primary N) is 1. The molecule has 2 nitrogen and oxygen atoms in total. The van der Waals surface area contributed by atoms with E-state index in [1.54, 1.807) is 0 Å². The number of rotatable bonds is 6.